The molecule has 3 aliphatic rings. The first-order chi connectivity index (χ1) is 14.1. The Morgan fingerprint density at radius 3 is 2.55 bits per heavy atom. The molecule has 0 amide bonds. The van der Waals surface area contributed by atoms with E-state index in [-0.39, 0.29) is 23.8 Å². The van der Waals surface area contributed by atoms with Gasteiger partial charge in [-0.3, -0.25) is 4.79 Å². The fraction of sp³-hybridized carbons (Fsp3) is 0.458. The number of carboxylic acids is 1. The molecule has 29 heavy (non-hydrogen) atoms. The molecular formula is C24H26FNO3. The summed E-state index contributed by atoms with van der Waals surface area (Å²) in [6.45, 7) is 1.50. The van der Waals surface area contributed by atoms with Gasteiger partial charge in [-0.2, -0.15) is 0 Å². The molecule has 2 fully saturated rings. The van der Waals surface area contributed by atoms with Crippen molar-refractivity contribution in [1.29, 1.82) is 0 Å². The predicted octanol–water partition coefficient (Wildman–Crippen LogP) is 4.55. The number of aliphatic carboxylic acids is 1. The summed E-state index contributed by atoms with van der Waals surface area (Å²) in [5, 5.41) is 9.20. The largest absolute Gasteiger partial charge is 0.490 e. The Balaban J connectivity index is 1.31. The van der Waals surface area contributed by atoms with Gasteiger partial charge in [0.15, 0.2) is 0 Å². The van der Waals surface area contributed by atoms with Gasteiger partial charge in [0.2, 0.25) is 0 Å². The summed E-state index contributed by atoms with van der Waals surface area (Å²) >= 11 is 0. The van der Waals surface area contributed by atoms with Gasteiger partial charge in [0.25, 0.3) is 0 Å². The Hall–Kier alpha value is -2.56. The van der Waals surface area contributed by atoms with Crippen LogP contribution in [0.25, 0.3) is 0 Å². The van der Waals surface area contributed by atoms with E-state index in [0.717, 1.165) is 56.5 Å². The first kappa shape index (κ1) is 18.5. The third kappa shape index (κ3) is 3.70. The van der Waals surface area contributed by atoms with Gasteiger partial charge in [-0.05, 0) is 73.3 Å². The van der Waals surface area contributed by atoms with E-state index in [9.17, 15) is 14.3 Å². The summed E-state index contributed by atoms with van der Waals surface area (Å²) in [5.41, 5.74) is 4.30. The van der Waals surface area contributed by atoms with E-state index >= 15 is 0 Å². The fourth-order valence-corrected chi connectivity index (χ4v) is 4.54. The number of halogens is 1. The SMILES string of the molecule is O=C(O)C1CC1c1ccc2c(c1)CCN(c1cc(OC3CCC3)ccc1F)CC2. The molecule has 2 aromatic rings. The van der Waals surface area contributed by atoms with Gasteiger partial charge >= 0.3 is 5.97 Å². The lowest BCUT2D eigenvalue weighted by Gasteiger charge is -2.28. The number of rotatable bonds is 5. The molecule has 152 valence electrons. The van der Waals surface area contributed by atoms with Crippen molar-refractivity contribution in [3.63, 3.8) is 0 Å². The lowest BCUT2D eigenvalue weighted by molar-refractivity contribution is -0.138. The molecule has 5 rings (SSSR count). The molecule has 0 saturated heterocycles. The van der Waals surface area contributed by atoms with Crippen LogP contribution in [0.15, 0.2) is 36.4 Å². The molecule has 2 aliphatic carbocycles. The first-order valence-corrected chi connectivity index (χ1v) is 10.6. The van der Waals surface area contributed by atoms with E-state index in [0.29, 0.717) is 5.69 Å². The van der Waals surface area contributed by atoms with Crippen LogP contribution >= 0.6 is 0 Å². The quantitative estimate of drug-likeness (QED) is 0.807. The maximum Gasteiger partial charge on any atom is 0.307 e. The molecule has 0 spiro atoms. The van der Waals surface area contributed by atoms with Crippen molar-refractivity contribution in [3.05, 3.63) is 58.9 Å². The van der Waals surface area contributed by atoms with Gasteiger partial charge in [0, 0.05) is 19.2 Å². The molecule has 4 nitrogen and oxygen atoms in total. The highest BCUT2D eigenvalue weighted by atomic mass is 19.1. The summed E-state index contributed by atoms with van der Waals surface area (Å²) < 4.78 is 20.6. The average Bonchev–Trinajstić information content (AvgIpc) is 3.49. The average molecular weight is 395 g/mol. The van der Waals surface area contributed by atoms with Crippen LogP contribution in [0.3, 0.4) is 0 Å². The van der Waals surface area contributed by atoms with Gasteiger partial charge in [-0.1, -0.05) is 18.2 Å². The fourth-order valence-electron chi connectivity index (χ4n) is 4.54. The standard InChI is InChI=1S/C24H26FNO3/c25-22-7-6-19(29-18-2-1-3-18)13-23(22)26-10-8-15-4-5-17(12-16(15)9-11-26)20-14-21(20)24(27)28/h4-7,12-13,18,20-21H,1-3,8-11,14H2,(H,27,28). The summed E-state index contributed by atoms with van der Waals surface area (Å²) in [5.74, 6) is -0.239. The zero-order valence-corrected chi connectivity index (χ0v) is 16.4. The summed E-state index contributed by atoms with van der Waals surface area (Å²) in [6, 6.07) is 11.5. The molecule has 5 heteroatoms. The van der Waals surface area contributed by atoms with E-state index in [1.54, 1.807) is 6.07 Å². The topological polar surface area (TPSA) is 49.8 Å². The number of ether oxygens (including phenoxy) is 1. The molecule has 2 saturated carbocycles. The number of hydrogen-bond donors (Lipinski definition) is 1. The van der Waals surface area contributed by atoms with E-state index in [4.69, 9.17) is 4.74 Å². The summed E-state index contributed by atoms with van der Waals surface area (Å²) in [4.78, 5) is 13.3. The first-order valence-electron chi connectivity index (χ1n) is 10.6. The maximum absolute atomic E-state index is 14.6. The highest BCUT2D eigenvalue weighted by Crippen LogP contribution is 2.48. The predicted molar refractivity (Wildman–Crippen MR) is 109 cm³/mol. The monoisotopic (exact) mass is 395 g/mol. The second-order valence-electron chi connectivity index (χ2n) is 8.59. The Labute approximate surface area is 170 Å². The second kappa shape index (κ2) is 7.36. The molecule has 1 N–H and O–H groups in total. The van der Waals surface area contributed by atoms with Crippen LogP contribution in [0.1, 0.15) is 48.3 Å². The molecule has 2 aromatic carbocycles. The summed E-state index contributed by atoms with van der Waals surface area (Å²) in [6.07, 6.45) is 6.07. The normalized spacial score (nSPS) is 23.7. The Bertz CT molecular complexity index is 940. The van der Waals surface area contributed by atoms with Crippen LogP contribution < -0.4 is 9.64 Å². The molecule has 0 aromatic heterocycles. The van der Waals surface area contributed by atoms with Gasteiger partial charge in [-0.15, -0.1) is 0 Å². The van der Waals surface area contributed by atoms with Gasteiger partial charge in [-0.25, -0.2) is 4.39 Å². The van der Waals surface area contributed by atoms with E-state index in [1.807, 2.05) is 6.07 Å². The molecule has 2 atom stereocenters. The van der Waals surface area contributed by atoms with Crippen LogP contribution in [-0.2, 0) is 17.6 Å². The number of carboxylic acid groups (broad SMARTS) is 1. The van der Waals surface area contributed by atoms with Gasteiger partial charge in [0.1, 0.15) is 11.6 Å². The van der Waals surface area contributed by atoms with Crippen molar-refractivity contribution in [2.45, 2.75) is 50.5 Å². The highest BCUT2D eigenvalue weighted by molar-refractivity contribution is 5.75. The van der Waals surface area contributed by atoms with E-state index in [2.05, 4.69) is 23.1 Å². The molecule has 1 aliphatic heterocycles. The number of anilines is 1. The van der Waals surface area contributed by atoms with Crippen LogP contribution in [0.5, 0.6) is 5.75 Å². The van der Waals surface area contributed by atoms with Crippen molar-refractivity contribution >= 4 is 11.7 Å². The Morgan fingerprint density at radius 2 is 1.86 bits per heavy atom. The number of benzene rings is 2. The number of carbonyl (C=O) groups is 1. The minimum Gasteiger partial charge on any atom is -0.490 e. The second-order valence-corrected chi connectivity index (χ2v) is 8.59. The summed E-state index contributed by atoms with van der Waals surface area (Å²) in [7, 11) is 0. The van der Waals surface area contributed by atoms with Crippen LogP contribution in [0, 0.1) is 11.7 Å². The van der Waals surface area contributed by atoms with E-state index in [1.165, 1.54) is 23.6 Å². The Morgan fingerprint density at radius 1 is 1.07 bits per heavy atom. The zero-order chi connectivity index (χ0) is 20.0. The molecule has 0 radical (unpaired) electrons. The van der Waals surface area contributed by atoms with Crippen LogP contribution in [0.2, 0.25) is 0 Å². The minimum atomic E-state index is -0.699. The third-order valence-corrected chi connectivity index (χ3v) is 6.68. The molecule has 2 unspecified atom stereocenters. The number of hydrogen-bond acceptors (Lipinski definition) is 3. The van der Waals surface area contributed by atoms with Crippen LogP contribution in [0.4, 0.5) is 10.1 Å². The zero-order valence-electron chi connectivity index (χ0n) is 16.4. The smallest absolute Gasteiger partial charge is 0.307 e. The third-order valence-electron chi connectivity index (χ3n) is 6.68. The van der Waals surface area contributed by atoms with Gasteiger partial charge in [0.05, 0.1) is 17.7 Å². The van der Waals surface area contributed by atoms with Crippen molar-refractivity contribution in [1.82, 2.24) is 0 Å². The van der Waals surface area contributed by atoms with Crippen molar-refractivity contribution in [2.24, 2.45) is 5.92 Å². The number of fused-ring (bicyclic) bond motifs is 1. The maximum atomic E-state index is 14.6. The van der Waals surface area contributed by atoms with Crippen molar-refractivity contribution in [3.8, 4) is 5.75 Å². The Kier molecular flexibility index (Phi) is 4.69. The van der Waals surface area contributed by atoms with Crippen LogP contribution in [-0.4, -0.2) is 30.3 Å². The minimum absolute atomic E-state index is 0.148. The van der Waals surface area contributed by atoms with Crippen molar-refractivity contribution < 1.29 is 19.0 Å². The highest BCUT2D eigenvalue weighted by Gasteiger charge is 2.44. The van der Waals surface area contributed by atoms with E-state index < -0.39 is 5.97 Å². The lowest BCUT2D eigenvalue weighted by atomic mass is 9.96. The molecular weight excluding hydrogens is 369 g/mol. The van der Waals surface area contributed by atoms with Gasteiger partial charge < -0.3 is 14.7 Å². The lowest BCUT2D eigenvalue weighted by Crippen LogP contribution is -2.27. The number of nitrogens with zero attached hydrogens (tertiary/aromatic N) is 1. The molecule has 1 heterocycles. The van der Waals surface area contributed by atoms with Crippen molar-refractivity contribution in [2.75, 3.05) is 18.0 Å². The molecule has 0 bridgehead atoms.